The first-order chi connectivity index (χ1) is 9.81. The smallest absolute Gasteiger partial charge is 0.234 e. The molecule has 0 fully saturated rings. The van der Waals surface area contributed by atoms with Crippen LogP contribution >= 0.6 is 0 Å². The summed E-state index contributed by atoms with van der Waals surface area (Å²) >= 11 is 0. The Hall–Kier alpha value is -1.46. The largest absolute Gasteiger partial charge is 0.355 e. The van der Waals surface area contributed by atoms with Gasteiger partial charge in [-0.3, -0.25) is 9.69 Å². The highest BCUT2D eigenvalue weighted by Crippen LogP contribution is 2.22. The van der Waals surface area contributed by atoms with Crippen molar-refractivity contribution >= 4 is 5.91 Å². The number of likely N-dealkylation sites (N-methyl/N-ethyl adjacent to an activating group) is 1. The molecule has 1 aromatic rings. The van der Waals surface area contributed by atoms with Crippen LogP contribution in [0, 0.1) is 11.7 Å². The molecule has 1 aromatic carbocycles. The van der Waals surface area contributed by atoms with Crippen molar-refractivity contribution in [2.75, 3.05) is 20.1 Å². The van der Waals surface area contributed by atoms with Crippen molar-refractivity contribution in [1.29, 1.82) is 0 Å². The van der Waals surface area contributed by atoms with Gasteiger partial charge in [0.05, 0.1) is 6.54 Å². The van der Waals surface area contributed by atoms with Gasteiger partial charge < -0.3 is 11.1 Å². The maximum absolute atomic E-state index is 13.4. The summed E-state index contributed by atoms with van der Waals surface area (Å²) < 4.78 is 13.4. The summed E-state index contributed by atoms with van der Waals surface area (Å²) in [6.07, 6.45) is 0. The lowest BCUT2D eigenvalue weighted by atomic mass is 9.99. The molecule has 5 heteroatoms. The third-order valence-corrected chi connectivity index (χ3v) is 3.26. The average Bonchev–Trinajstić information content (AvgIpc) is 2.36. The van der Waals surface area contributed by atoms with Crippen LogP contribution in [0.2, 0.25) is 0 Å². The Balaban J connectivity index is 2.74. The van der Waals surface area contributed by atoms with E-state index in [9.17, 15) is 9.18 Å². The molecule has 0 bridgehead atoms. The van der Waals surface area contributed by atoms with E-state index >= 15 is 0 Å². The number of hydrogen-bond donors (Lipinski definition) is 2. The molecule has 0 saturated heterocycles. The van der Waals surface area contributed by atoms with Gasteiger partial charge in [0.15, 0.2) is 0 Å². The summed E-state index contributed by atoms with van der Waals surface area (Å²) in [5.41, 5.74) is 6.80. The van der Waals surface area contributed by atoms with Gasteiger partial charge in [-0.1, -0.05) is 26.0 Å². The molecule has 0 spiro atoms. The van der Waals surface area contributed by atoms with Gasteiger partial charge in [-0.15, -0.1) is 0 Å². The number of carbonyl (C=O) groups excluding carboxylic acids is 1. The van der Waals surface area contributed by atoms with E-state index in [1.54, 1.807) is 6.07 Å². The summed E-state index contributed by atoms with van der Waals surface area (Å²) in [5.74, 6) is 0.0655. The molecule has 1 amide bonds. The summed E-state index contributed by atoms with van der Waals surface area (Å²) in [4.78, 5) is 13.8. The SMILES string of the molecule is CC(C)CNC(=O)CN(C)C(c1cccc(F)c1)C(C)N. The Morgan fingerprint density at radius 2 is 2.05 bits per heavy atom. The number of hydrogen-bond acceptors (Lipinski definition) is 3. The van der Waals surface area contributed by atoms with E-state index in [1.165, 1.54) is 12.1 Å². The first kappa shape index (κ1) is 17.6. The van der Waals surface area contributed by atoms with Gasteiger partial charge >= 0.3 is 0 Å². The maximum atomic E-state index is 13.4. The molecule has 2 unspecified atom stereocenters. The highest BCUT2D eigenvalue weighted by atomic mass is 19.1. The van der Waals surface area contributed by atoms with Crippen molar-refractivity contribution in [2.45, 2.75) is 32.9 Å². The van der Waals surface area contributed by atoms with Gasteiger partial charge in [-0.2, -0.15) is 0 Å². The minimum atomic E-state index is -0.296. The Morgan fingerprint density at radius 1 is 1.38 bits per heavy atom. The van der Waals surface area contributed by atoms with Crippen LogP contribution in [0.3, 0.4) is 0 Å². The number of nitrogens with zero attached hydrogens (tertiary/aromatic N) is 1. The van der Waals surface area contributed by atoms with Crippen molar-refractivity contribution in [1.82, 2.24) is 10.2 Å². The third kappa shape index (κ3) is 5.81. The fourth-order valence-corrected chi connectivity index (χ4v) is 2.35. The number of benzene rings is 1. The molecule has 0 aromatic heterocycles. The van der Waals surface area contributed by atoms with Crippen LogP contribution in [0.15, 0.2) is 24.3 Å². The van der Waals surface area contributed by atoms with Crippen molar-refractivity contribution < 1.29 is 9.18 Å². The molecule has 21 heavy (non-hydrogen) atoms. The number of rotatable bonds is 7. The van der Waals surface area contributed by atoms with Crippen LogP contribution < -0.4 is 11.1 Å². The highest BCUT2D eigenvalue weighted by Gasteiger charge is 2.23. The van der Waals surface area contributed by atoms with E-state index in [-0.39, 0.29) is 30.4 Å². The number of carbonyl (C=O) groups is 1. The summed E-state index contributed by atoms with van der Waals surface area (Å²) in [5, 5.41) is 2.87. The van der Waals surface area contributed by atoms with E-state index < -0.39 is 0 Å². The molecule has 4 nitrogen and oxygen atoms in total. The predicted octanol–water partition coefficient (Wildman–Crippen LogP) is 1.92. The van der Waals surface area contributed by atoms with Gasteiger partial charge in [0, 0.05) is 18.6 Å². The van der Waals surface area contributed by atoms with Crippen LogP contribution in [0.5, 0.6) is 0 Å². The molecule has 0 heterocycles. The molecular weight excluding hydrogens is 269 g/mol. The quantitative estimate of drug-likeness (QED) is 0.808. The number of nitrogens with one attached hydrogen (secondary N) is 1. The summed E-state index contributed by atoms with van der Waals surface area (Å²) in [6, 6.07) is 5.94. The van der Waals surface area contributed by atoms with Crippen molar-refractivity contribution in [3.8, 4) is 0 Å². The molecule has 0 saturated carbocycles. The van der Waals surface area contributed by atoms with E-state index in [2.05, 4.69) is 5.32 Å². The fraction of sp³-hybridized carbons (Fsp3) is 0.562. The van der Waals surface area contributed by atoms with Crippen molar-refractivity contribution in [2.24, 2.45) is 11.7 Å². The Kier molecular flexibility index (Phi) is 6.78. The highest BCUT2D eigenvalue weighted by molar-refractivity contribution is 5.78. The van der Waals surface area contributed by atoms with E-state index in [4.69, 9.17) is 5.73 Å². The zero-order valence-electron chi connectivity index (χ0n) is 13.3. The van der Waals surface area contributed by atoms with E-state index in [1.807, 2.05) is 38.8 Å². The molecule has 118 valence electrons. The van der Waals surface area contributed by atoms with Gasteiger partial charge in [-0.05, 0) is 37.6 Å². The zero-order valence-corrected chi connectivity index (χ0v) is 13.3. The second-order valence-electron chi connectivity index (χ2n) is 5.97. The maximum Gasteiger partial charge on any atom is 0.234 e. The molecule has 2 atom stereocenters. The Morgan fingerprint density at radius 3 is 2.57 bits per heavy atom. The number of halogens is 1. The normalized spacial score (nSPS) is 14.3. The standard InChI is InChI=1S/C16H26FN3O/c1-11(2)9-19-15(21)10-20(4)16(12(3)18)13-6-5-7-14(17)8-13/h5-8,11-12,16H,9-10,18H2,1-4H3,(H,19,21). The Labute approximate surface area is 126 Å². The lowest BCUT2D eigenvalue weighted by molar-refractivity contribution is -0.122. The number of amides is 1. The molecular formula is C16H26FN3O. The lowest BCUT2D eigenvalue weighted by Crippen LogP contribution is -2.43. The fourth-order valence-electron chi connectivity index (χ4n) is 2.35. The van der Waals surface area contributed by atoms with Gasteiger partial charge in [0.1, 0.15) is 5.82 Å². The third-order valence-electron chi connectivity index (χ3n) is 3.26. The summed E-state index contributed by atoms with van der Waals surface area (Å²) in [6.45, 7) is 6.83. The number of nitrogens with two attached hydrogens (primary N) is 1. The monoisotopic (exact) mass is 295 g/mol. The van der Waals surface area contributed by atoms with Gasteiger partial charge in [0.2, 0.25) is 5.91 Å². The van der Waals surface area contributed by atoms with E-state index in [0.29, 0.717) is 12.5 Å². The van der Waals surface area contributed by atoms with Crippen LogP contribution in [-0.2, 0) is 4.79 Å². The van der Waals surface area contributed by atoms with Crippen LogP contribution in [0.1, 0.15) is 32.4 Å². The van der Waals surface area contributed by atoms with Crippen molar-refractivity contribution in [3.05, 3.63) is 35.6 Å². The molecule has 1 rings (SSSR count). The predicted molar refractivity (Wildman–Crippen MR) is 83.3 cm³/mol. The lowest BCUT2D eigenvalue weighted by Gasteiger charge is -2.31. The van der Waals surface area contributed by atoms with Crippen molar-refractivity contribution in [3.63, 3.8) is 0 Å². The summed E-state index contributed by atoms with van der Waals surface area (Å²) in [7, 11) is 1.83. The Bertz CT molecular complexity index is 463. The average molecular weight is 295 g/mol. The molecule has 0 aliphatic rings. The second kappa shape index (κ2) is 8.10. The zero-order chi connectivity index (χ0) is 16.0. The minimum absolute atomic E-state index is 0.0479. The van der Waals surface area contributed by atoms with Crippen LogP contribution in [-0.4, -0.2) is 37.0 Å². The minimum Gasteiger partial charge on any atom is -0.355 e. The van der Waals surface area contributed by atoms with Crippen LogP contribution in [0.4, 0.5) is 4.39 Å². The first-order valence-electron chi connectivity index (χ1n) is 7.29. The first-order valence-corrected chi connectivity index (χ1v) is 7.29. The molecule has 0 radical (unpaired) electrons. The molecule has 3 N–H and O–H groups in total. The van der Waals surface area contributed by atoms with Gasteiger partial charge in [0.25, 0.3) is 0 Å². The second-order valence-corrected chi connectivity index (χ2v) is 5.97. The van der Waals surface area contributed by atoms with Gasteiger partial charge in [-0.25, -0.2) is 4.39 Å². The molecule has 0 aliphatic carbocycles. The van der Waals surface area contributed by atoms with E-state index in [0.717, 1.165) is 5.56 Å². The molecule has 0 aliphatic heterocycles. The van der Waals surface area contributed by atoms with Crippen LogP contribution in [0.25, 0.3) is 0 Å². The topological polar surface area (TPSA) is 58.4 Å².